The van der Waals surface area contributed by atoms with Crippen molar-refractivity contribution in [1.29, 1.82) is 0 Å². The maximum atomic E-state index is 13.1. The molecule has 1 heterocycles. The SMILES string of the molecule is CC(=O)C12NC(C)OC1CC1C3CCC4=CC(=O)C=CC4(C)C3C(O)CCC12C. The Labute approximate surface area is 173 Å². The van der Waals surface area contributed by atoms with Crippen LogP contribution in [0, 0.1) is 28.6 Å². The summed E-state index contributed by atoms with van der Waals surface area (Å²) in [6, 6.07) is 0. The molecule has 5 aliphatic rings. The van der Waals surface area contributed by atoms with Gasteiger partial charge < -0.3 is 9.84 Å². The molecule has 158 valence electrons. The Balaban J connectivity index is 1.61. The topological polar surface area (TPSA) is 75.6 Å². The van der Waals surface area contributed by atoms with Gasteiger partial charge in [-0.15, -0.1) is 0 Å². The number of hydrogen-bond donors (Lipinski definition) is 2. The summed E-state index contributed by atoms with van der Waals surface area (Å²) in [4.78, 5) is 25.1. The van der Waals surface area contributed by atoms with Crippen LogP contribution in [0.5, 0.6) is 0 Å². The summed E-state index contributed by atoms with van der Waals surface area (Å²) in [7, 11) is 0. The van der Waals surface area contributed by atoms with E-state index in [-0.39, 0.29) is 40.6 Å². The molecule has 0 amide bonds. The monoisotopic (exact) mass is 399 g/mol. The van der Waals surface area contributed by atoms with E-state index in [2.05, 4.69) is 19.2 Å². The minimum absolute atomic E-state index is 0.0568. The highest BCUT2D eigenvalue weighted by Gasteiger charge is 2.71. The first kappa shape index (κ1) is 19.7. The second-order valence-electron chi connectivity index (χ2n) is 10.6. The lowest BCUT2D eigenvalue weighted by molar-refractivity contribution is -0.129. The highest BCUT2D eigenvalue weighted by atomic mass is 16.5. The molecule has 2 N–H and O–H groups in total. The van der Waals surface area contributed by atoms with E-state index >= 15 is 0 Å². The van der Waals surface area contributed by atoms with Crippen molar-refractivity contribution in [3.63, 3.8) is 0 Å². The fraction of sp³-hybridized carbons (Fsp3) is 0.750. The Morgan fingerprint density at radius 1 is 1.31 bits per heavy atom. The van der Waals surface area contributed by atoms with E-state index in [1.165, 1.54) is 0 Å². The van der Waals surface area contributed by atoms with Crippen LogP contribution in [0.3, 0.4) is 0 Å². The summed E-state index contributed by atoms with van der Waals surface area (Å²) in [5.41, 5.74) is -0.0394. The number of rotatable bonds is 1. The van der Waals surface area contributed by atoms with E-state index in [9.17, 15) is 14.7 Å². The number of Topliss-reactive ketones (excluding diaryl/α,β-unsaturated/α-hetero) is 1. The molecule has 9 unspecified atom stereocenters. The summed E-state index contributed by atoms with van der Waals surface area (Å²) in [5.74, 6) is 0.902. The molecule has 0 aromatic rings. The molecular formula is C24H33NO4. The van der Waals surface area contributed by atoms with Crippen molar-refractivity contribution in [2.75, 3.05) is 0 Å². The van der Waals surface area contributed by atoms with Crippen LogP contribution < -0.4 is 5.32 Å². The van der Waals surface area contributed by atoms with Crippen LogP contribution in [0.25, 0.3) is 0 Å². The largest absolute Gasteiger partial charge is 0.393 e. The van der Waals surface area contributed by atoms with Crippen molar-refractivity contribution in [3.8, 4) is 0 Å². The molecule has 1 aliphatic heterocycles. The second-order valence-corrected chi connectivity index (χ2v) is 10.6. The van der Waals surface area contributed by atoms with Gasteiger partial charge in [-0.05, 0) is 75.4 Å². The number of ketones is 2. The van der Waals surface area contributed by atoms with Gasteiger partial charge in [0.15, 0.2) is 11.6 Å². The first-order chi connectivity index (χ1) is 13.6. The maximum Gasteiger partial charge on any atom is 0.178 e. The molecule has 9 atom stereocenters. The lowest BCUT2D eigenvalue weighted by atomic mass is 9.52. The fourth-order valence-corrected chi connectivity index (χ4v) is 8.22. The Hall–Kier alpha value is -1.30. The third-order valence-corrected chi connectivity index (χ3v) is 9.42. The molecule has 5 heteroatoms. The van der Waals surface area contributed by atoms with Crippen molar-refractivity contribution in [1.82, 2.24) is 5.32 Å². The number of ether oxygens (including phenoxy) is 1. The van der Waals surface area contributed by atoms with Gasteiger partial charge in [0.2, 0.25) is 0 Å². The van der Waals surface area contributed by atoms with Gasteiger partial charge in [0.1, 0.15) is 11.8 Å². The molecule has 5 rings (SSSR count). The average molecular weight is 400 g/mol. The van der Waals surface area contributed by atoms with Crippen molar-refractivity contribution >= 4 is 11.6 Å². The third kappa shape index (κ3) is 2.33. The van der Waals surface area contributed by atoms with Crippen molar-refractivity contribution in [3.05, 3.63) is 23.8 Å². The molecule has 29 heavy (non-hydrogen) atoms. The number of hydrogen-bond acceptors (Lipinski definition) is 5. The summed E-state index contributed by atoms with van der Waals surface area (Å²) in [5, 5.41) is 14.9. The third-order valence-electron chi connectivity index (χ3n) is 9.42. The number of fused-ring (bicyclic) bond motifs is 7. The van der Waals surface area contributed by atoms with E-state index in [1.807, 2.05) is 13.0 Å². The molecule has 0 spiro atoms. The Morgan fingerprint density at radius 3 is 2.79 bits per heavy atom. The van der Waals surface area contributed by atoms with E-state index in [0.717, 1.165) is 31.3 Å². The van der Waals surface area contributed by atoms with Gasteiger partial charge in [0.25, 0.3) is 0 Å². The molecule has 1 saturated heterocycles. The van der Waals surface area contributed by atoms with Crippen LogP contribution in [0.2, 0.25) is 0 Å². The number of carbonyl (C=O) groups is 2. The van der Waals surface area contributed by atoms with Gasteiger partial charge in [0.05, 0.1) is 12.2 Å². The van der Waals surface area contributed by atoms with Crippen LogP contribution in [0.1, 0.15) is 59.8 Å². The lowest BCUT2D eigenvalue weighted by Gasteiger charge is -2.52. The highest BCUT2D eigenvalue weighted by Crippen LogP contribution is 2.66. The number of aliphatic hydroxyl groups is 1. The first-order valence-electron chi connectivity index (χ1n) is 11.2. The average Bonchev–Trinajstić information content (AvgIpc) is 3.07. The minimum Gasteiger partial charge on any atom is -0.393 e. The molecular weight excluding hydrogens is 366 g/mol. The van der Waals surface area contributed by atoms with Crippen LogP contribution in [0.4, 0.5) is 0 Å². The summed E-state index contributed by atoms with van der Waals surface area (Å²) < 4.78 is 6.24. The molecule has 4 aliphatic carbocycles. The van der Waals surface area contributed by atoms with E-state index in [1.54, 1.807) is 19.1 Å². The summed E-state index contributed by atoms with van der Waals surface area (Å²) in [6.45, 7) is 8.14. The number of allylic oxidation sites excluding steroid dienone is 4. The zero-order chi connectivity index (χ0) is 20.8. The number of aliphatic hydroxyl groups excluding tert-OH is 1. The van der Waals surface area contributed by atoms with Crippen LogP contribution >= 0.6 is 0 Å². The Kier molecular flexibility index (Phi) is 4.14. The van der Waals surface area contributed by atoms with Crippen molar-refractivity contribution < 1.29 is 19.4 Å². The second kappa shape index (κ2) is 6.12. The smallest absolute Gasteiger partial charge is 0.178 e. The summed E-state index contributed by atoms with van der Waals surface area (Å²) in [6.07, 6.45) is 9.03. The molecule has 3 saturated carbocycles. The van der Waals surface area contributed by atoms with Gasteiger partial charge in [-0.25, -0.2) is 0 Å². The molecule has 0 bridgehead atoms. The molecule has 0 aromatic heterocycles. The zero-order valence-corrected chi connectivity index (χ0v) is 17.9. The van der Waals surface area contributed by atoms with Gasteiger partial charge in [-0.3, -0.25) is 14.9 Å². The maximum absolute atomic E-state index is 13.1. The molecule has 4 fully saturated rings. The standard InChI is InChI=1S/C24H33NO4/c1-13(26)24-20(29-14(2)25-24)12-18-17-6-5-15-11-16(27)7-9-22(15,3)21(17)19(28)8-10-23(18,24)4/h7,9,11,14,17-21,25,28H,5-6,8,10,12H2,1-4H3. The van der Waals surface area contributed by atoms with Gasteiger partial charge in [-0.2, -0.15) is 0 Å². The Bertz CT molecular complexity index is 833. The lowest BCUT2D eigenvalue weighted by Crippen LogP contribution is -2.62. The first-order valence-corrected chi connectivity index (χ1v) is 11.2. The normalized spacial score (nSPS) is 53.4. The van der Waals surface area contributed by atoms with Gasteiger partial charge >= 0.3 is 0 Å². The number of nitrogens with one attached hydrogen (secondary N) is 1. The van der Waals surface area contributed by atoms with E-state index in [4.69, 9.17) is 4.74 Å². The summed E-state index contributed by atoms with van der Waals surface area (Å²) >= 11 is 0. The van der Waals surface area contributed by atoms with Crippen molar-refractivity contribution in [2.24, 2.45) is 28.6 Å². The van der Waals surface area contributed by atoms with Crippen LogP contribution in [-0.4, -0.2) is 40.6 Å². The number of carbonyl (C=O) groups excluding carboxylic acids is 2. The predicted octanol–water partition coefficient (Wildman–Crippen LogP) is 2.93. The van der Waals surface area contributed by atoms with Crippen LogP contribution in [0.15, 0.2) is 23.8 Å². The van der Waals surface area contributed by atoms with E-state index < -0.39 is 11.6 Å². The Morgan fingerprint density at radius 2 is 2.07 bits per heavy atom. The quantitative estimate of drug-likeness (QED) is 0.709. The highest BCUT2D eigenvalue weighted by molar-refractivity contribution is 6.01. The van der Waals surface area contributed by atoms with Gasteiger partial charge in [0, 0.05) is 11.3 Å². The zero-order valence-electron chi connectivity index (χ0n) is 17.9. The van der Waals surface area contributed by atoms with Crippen LogP contribution in [-0.2, 0) is 14.3 Å². The predicted molar refractivity (Wildman–Crippen MR) is 109 cm³/mol. The molecule has 0 radical (unpaired) electrons. The van der Waals surface area contributed by atoms with Gasteiger partial charge in [-0.1, -0.05) is 25.5 Å². The van der Waals surface area contributed by atoms with Crippen molar-refractivity contribution in [2.45, 2.75) is 83.8 Å². The molecule has 0 aromatic carbocycles. The molecule has 5 nitrogen and oxygen atoms in total. The van der Waals surface area contributed by atoms with E-state index in [0.29, 0.717) is 18.3 Å². The minimum atomic E-state index is -0.666. The fourth-order valence-electron chi connectivity index (χ4n) is 8.22.